The van der Waals surface area contributed by atoms with E-state index in [-0.39, 0.29) is 42.7 Å². The van der Waals surface area contributed by atoms with Crippen LogP contribution < -0.4 is 5.73 Å². The van der Waals surface area contributed by atoms with Crippen LogP contribution in [0.4, 0.5) is 0 Å². The third-order valence-corrected chi connectivity index (χ3v) is 2.46. The highest BCUT2D eigenvalue weighted by Crippen LogP contribution is 2.10. The first kappa shape index (κ1) is 19.0. The van der Waals surface area contributed by atoms with Crippen LogP contribution in [0.3, 0.4) is 0 Å². The maximum atomic E-state index is 11.3. The minimum atomic E-state index is -0.0470. The topological polar surface area (TPSA) is 66.6 Å². The summed E-state index contributed by atoms with van der Waals surface area (Å²) in [4.78, 5) is 25.9. The zero-order valence-corrected chi connectivity index (χ0v) is 11.9. The second kappa shape index (κ2) is 8.69. The Bertz CT molecular complexity index is 246. The van der Waals surface area contributed by atoms with Crippen molar-refractivity contribution in [1.29, 1.82) is 0 Å². The largest absolute Gasteiger partial charge is 0.327 e. The predicted octanol–water partition coefficient (Wildman–Crippen LogP) is 0.258. The van der Waals surface area contributed by atoms with E-state index in [0.29, 0.717) is 25.9 Å². The van der Waals surface area contributed by atoms with Gasteiger partial charge in [0, 0.05) is 38.5 Å². The normalized spacial score (nSPS) is 16.8. The predicted molar refractivity (Wildman–Crippen MR) is 71.6 cm³/mol. The zero-order chi connectivity index (χ0) is 11.4. The highest BCUT2D eigenvalue weighted by Gasteiger charge is 2.28. The summed E-state index contributed by atoms with van der Waals surface area (Å²) >= 11 is 0. The van der Waals surface area contributed by atoms with Gasteiger partial charge in [-0.25, -0.2) is 0 Å². The molecular formula is C10H21Cl2N3O2. The Hall–Kier alpha value is -0.360. The molecule has 0 saturated carbocycles. The first-order valence-electron chi connectivity index (χ1n) is 5.28. The van der Waals surface area contributed by atoms with Gasteiger partial charge in [-0.3, -0.25) is 14.5 Å². The molecule has 1 fully saturated rings. The Morgan fingerprint density at radius 3 is 2.18 bits per heavy atom. The highest BCUT2D eigenvalue weighted by atomic mass is 35.5. The Balaban J connectivity index is 0. The van der Waals surface area contributed by atoms with Gasteiger partial charge in [-0.05, 0) is 14.0 Å². The number of nitrogens with zero attached hydrogens (tertiary/aromatic N) is 2. The van der Waals surface area contributed by atoms with Gasteiger partial charge in [0.15, 0.2) is 0 Å². The minimum absolute atomic E-state index is 0. The highest BCUT2D eigenvalue weighted by molar-refractivity contribution is 6.01. The van der Waals surface area contributed by atoms with Crippen molar-refractivity contribution in [2.24, 2.45) is 5.73 Å². The van der Waals surface area contributed by atoms with Gasteiger partial charge >= 0.3 is 0 Å². The number of carbonyl (C=O) groups excluding carboxylic acids is 2. The number of likely N-dealkylation sites (N-methyl/N-ethyl adjacent to an activating group) is 1. The Labute approximate surface area is 115 Å². The maximum absolute atomic E-state index is 11.3. The van der Waals surface area contributed by atoms with Crippen LogP contribution in [0.1, 0.15) is 19.8 Å². The molecule has 0 aromatic carbocycles. The van der Waals surface area contributed by atoms with E-state index < -0.39 is 0 Å². The number of imide groups is 1. The number of rotatable bonds is 5. The smallest absolute Gasteiger partial charge is 0.229 e. The van der Waals surface area contributed by atoms with E-state index in [4.69, 9.17) is 5.73 Å². The Kier molecular flexibility index (Phi) is 9.71. The van der Waals surface area contributed by atoms with E-state index in [1.54, 1.807) is 0 Å². The number of carbonyl (C=O) groups is 2. The Morgan fingerprint density at radius 1 is 1.29 bits per heavy atom. The quantitative estimate of drug-likeness (QED) is 0.736. The van der Waals surface area contributed by atoms with Crippen molar-refractivity contribution in [2.45, 2.75) is 25.8 Å². The van der Waals surface area contributed by atoms with Crippen LogP contribution in [-0.4, -0.2) is 54.3 Å². The van der Waals surface area contributed by atoms with Crippen LogP contribution in [0, 0.1) is 0 Å². The molecular weight excluding hydrogens is 265 g/mol. The lowest BCUT2D eigenvalue weighted by molar-refractivity contribution is -0.138. The fraction of sp³-hybridized carbons (Fsp3) is 0.800. The van der Waals surface area contributed by atoms with Gasteiger partial charge in [-0.2, -0.15) is 0 Å². The molecule has 0 aromatic rings. The van der Waals surface area contributed by atoms with Gasteiger partial charge in [0.1, 0.15) is 0 Å². The van der Waals surface area contributed by atoms with Gasteiger partial charge in [0.25, 0.3) is 0 Å². The average Bonchev–Trinajstić information content (AvgIpc) is 2.42. The zero-order valence-electron chi connectivity index (χ0n) is 10.2. The van der Waals surface area contributed by atoms with Crippen molar-refractivity contribution in [1.82, 2.24) is 9.80 Å². The third kappa shape index (κ3) is 6.21. The van der Waals surface area contributed by atoms with Crippen LogP contribution in [0.2, 0.25) is 0 Å². The van der Waals surface area contributed by atoms with E-state index >= 15 is 0 Å². The number of nitrogens with two attached hydrogens (primary N) is 1. The van der Waals surface area contributed by atoms with Crippen LogP contribution >= 0.6 is 24.8 Å². The molecule has 2 amide bonds. The number of amides is 2. The van der Waals surface area contributed by atoms with Crippen LogP contribution in [0.15, 0.2) is 0 Å². The van der Waals surface area contributed by atoms with E-state index in [1.807, 2.05) is 18.9 Å². The lowest BCUT2D eigenvalue weighted by Gasteiger charge is -2.21. The van der Waals surface area contributed by atoms with Crippen molar-refractivity contribution in [2.75, 3.05) is 26.7 Å². The van der Waals surface area contributed by atoms with Crippen LogP contribution in [0.5, 0.6) is 0 Å². The first-order chi connectivity index (χ1) is 7.00. The maximum Gasteiger partial charge on any atom is 0.229 e. The van der Waals surface area contributed by atoms with Gasteiger partial charge in [-0.15, -0.1) is 24.8 Å². The SMILES string of the molecule is CC(N)CN(C)CCN1C(=O)CCC1=O.Cl.Cl. The summed E-state index contributed by atoms with van der Waals surface area (Å²) < 4.78 is 0. The molecule has 5 nitrogen and oxygen atoms in total. The summed E-state index contributed by atoms with van der Waals surface area (Å²) in [5, 5.41) is 0. The standard InChI is InChI=1S/C10H19N3O2.2ClH/c1-8(11)7-12(2)5-6-13-9(14)3-4-10(13)15;;/h8H,3-7,11H2,1-2H3;2*1H. The monoisotopic (exact) mass is 285 g/mol. The molecule has 7 heteroatoms. The molecule has 0 aliphatic carbocycles. The first-order valence-corrected chi connectivity index (χ1v) is 5.28. The molecule has 17 heavy (non-hydrogen) atoms. The Morgan fingerprint density at radius 2 is 1.76 bits per heavy atom. The van der Waals surface area contributed by atoms with Crippen molar-refractivity contribution >= 4 is 36.6 Å². The molecule has 1 unspecified atom stereocenters. The van der Waals surface area contributed by atoms with Crippen molar-refractivity contribution in [3.63, 3.8) is 0 Å². The number of likely N-dealkylation sites (tertiary alicyclic amines) is 1. The molecule has 0 aromatic heterocycles. The van der Waals surface area contributed by atoms with Gasteiger partial charge in [-0.1, -0.05) is 0 Å². The number of hydrogen-bond acceptors (Lipinski definition) is 4. The fourth-order valence-electron chi connectivity index (χ4n) is 1.73. The van der Waals surface area contributed by atoms with E-state index in [2.05, 4.69) is 0 Å². The molecule has 1 atom stereocenters. The molecule has 1 aliphatic heterocycles. The van der Waals surface area contributed by atoms with Gasteiger partial charge in [0.05, 0.1) is 0 Å². The van der Waals surface area contributed by atoms with E-state index in [1.165, 1.54) is 4.90 Å². The summed E-state index contributed by atoms with van der Waals surface area (Å²) in [6, 6.07) is 0.111. The molecule has 2 N–H and O–H groups in total. The molecule has 1 saturated heterocycles. The average molecular weight is 286 g/mol. The minimum Gasteiger partial charge on any atom is -0.327 e. The van der Waals surface area contributed by atoms with Crippen molar-refractivity contribution in [3.05, 3.63) is 0 Å². The summed E-state index contributed by atoms with van der Waals surface area (Å²) in [6.07, 6.45) is 0.742. The molecule has 102 valence electrons. The van der Waals surface area contributed by atoms with Crippen molar-refractivity contribution < 1.29 is 9.59 Å². The van der Waals surface area contributed by atoms with Crippen LogP contribution in [-0.2, 0) is 9.59 Å². The van der Waals surface area contributed by atoms with Gasteiger partial charge in [0.2, 0.25) is 11.8 Å². The summed E-state index contributed by atoms with van der Waals surface area (Å²) in [6.45, 7) is 3.89. The molecule has 0 bridgehead atoms. The number of hydrogen-bond donors (Lipinski definition) is 1. The van der Waals surface area contributed by atoms with Crippen molar-refractivity contribution in [3.8, 4) is 0 Å². The molecule has 1 heterocycles. The lowest BCUT2D eigenvalue weighted by atomic mass is 10.3. The van der Waals surface area contributed by atoms with Gasteiger partial charge < -0.3 is 10.6 Å². The second-order valence-electron chi connectivity index (χ2n) is 4.18. The third-order valence-electron chi connectivity index (χ3n) is 2.46. The number of halogens is 2. The molecule has 0 radical (unpaired) electrons. The second-order valence-corrected chi connectivity index (χ2v) is 4.18. The van der Waals surface area contributed by atoms with E-state index in [0.717, 1.165) is 6.54 Å². The van der Waals surface area contributed by atoms with E-state index in [9.17, 15) is 9.59 Å². The summed E-state index contributed by atoms with van der Waals surface area (Å²) in [7, 11) is 1.94. The molecule has 0 spiro atoms. The lowest BCUT2D eigenvalue weighted by Crippen LogP contribution is -2.40. The summed E-state index contributed by atoms with van der Waals surface area (Å²) in [5.41, 5.74) is 5.64. The van der Waals surface area contributed by atoms with Crippen LogP contribution in [0.25, 0.3) is 0 Å². The molecule has 1 aliphatic rings. The summed E-state index contributed by atoms with van der Waals surface area (Å²) in [5.74, 6) is -0.0941. The molecule has 1 rings (SSSR count). The fourth-order valence-corrected chi connectivity index (χ4v) is 1.73.